The molecule has 2 rings (SSSR count). The predicted octanol–water partition coefficient (Wildman–Crippen LogP) is 5.02. The fraction of sp³-hybridized carbons (Fsp3) is 0.875. The number of halogens is 3. The number of azide groups is 1. The minimum Gasteiger partial charge on any atom is -0.457 e. The molecule has 1 N–H and O–H groups in total. The lowest BCUT2D eigenvalue weighted by atomic mass is 9.96. The molecule has 228 valence electrons. The number of carbonyl (C=O) groups excluding carboxylic acids is 3. The lowest BCUT2D eigenvalue weighted by Gasteiger charge is -2.58. The third-order valence-electron chi connectivity index (χ3n) is 6.63. The molecule has 12 nitrogen and oxygen atoms in total. The summed E-state index contributed by atoms with van der Waals surface area (Å²) in [6.07, 6.45) is -3.76. The summed E-state index contributed by atoms with van der Waals surface area (Å²) in [4.78, 5) is 40.0. The molecule has 40 heavy (non-hydrogen) atoms. The van der Waals surface area contributed by atoms with Crippen LogP contribution in [0.25, 0.3) is 10.4 Å². The maximum absolute atomic E-state index is 12.9. The van der Waals surface area contributed by atoms with Gasteiger partial charge in [0, 0.05) is 34.6 Å². The van der Waals surface area contributed by atoms with Crippen LogP contribution in [0.5, 0.6) is 0 Å². The van der Waals surface area contributed by atoms with E-state index in [2.05, 4.69) is 15.3 Å². The molecule has 2 aliphatic heterocycles. The summed E-state index contributed by atoms with van der Waals surface area (Å²) in [7, 11) is -3.10. The number of hydrogen-bond acceptors (Lipinski definition) is 9. The SMILES string of the molecule is CC(=O)CCC(=O)O[C@@H]1[C@@H](NC(=O)C(Cl)(Cl)Cl)[C@H](OCCCN=[N+]=[N-])O[C@@H]2CO[Si](C(C)(C)C)(C(C)(C)C)O[C@@H]12. The standard InChI is InChI=1S/C24H39Cl3N4O8Si/c1-14(32)9-10-16(33)38-19-17(30-21(34)24(25,26)27)20(35-12-8-11-29-31-28)37-15-13-36-40(22(2,3)4,23(5,6)7)39-18(15)19/h15,17-20H,8-13H2,1-7H3,(H,30,34)/t15-,17-,18-,19-,20-/m1/s1. The summed E-state index contributed by atoms with van der Waals surface area (Å²) in [5.41, 5.74) is 8.53. The van der Waals surface area contributed by atoms with Gasteiger partial charge in [0.05, 0.1) is 13.0 Å². The van der Waals surface area contributed by atoms with Gasteiger partial charge in [-0.1, -0.05) is 81.5 Å². The summed E-state index contributed by atoms with van der Waals surface area (Å²) in [6.45, 7) is 13.9. The number of esters is 1. The van der Waals surface area contributed by atoms with Crippen LogP contribution in [0.3, 0.4) is 0 Å². The van der Waals surface area contributed by atoms with Crippen LogP contribution < -0.4 is 5.32 Å². The van der Waals surface area contributed by atoms with Crippen LogP contribution in [-0.2, 0) is 37.4 Å². The van der Waals surface area contributed by atoms with Gasteiger partial charge >= 0.3 is 14.5 Å². The van der Waals surface area contributed by atoms with Gasteiger partial charge in [-0.3, -0.25) is 9.59 Å². The Morgan fingerprint density at radius 2 is 1.73 bits per heavy atom. The Morgan fingerprint density at radius 1 is 1.10 bits per heavy atom. The number of fused-ring (bicyclic) bond motifs is 1. The fourth-order valence-corrected chi connectivity index (χ4v) is 10.2. The van der Waals surface area contributed by atoms with E-state index in [-0.39, 0.29) is 38.4 Å². The van der Waals surface area contributed by atoms with E-state index in [1.165, 1.54) is 6.92 Å². The molecule has 1 amide bonds. The summed E-state index contributed by atoms with van der Waals surface area (Å²) in [6, 6.07) is -1.16. The number of amides is 1. The molecule has 0 aromatic heterocycles. The monoisotopic (exact) mass is 644 g/mol. The molecule has 0 aromatic carbocycles. The van der Waals surface area contributed by atoms with Crippen molar-refractivity contribution >= 4 is 61.0 Å². The van der Waals surface area contributed by atoms with Crippen molar-refractivity contribution in [3.63, 3.8) is 0 Å². The number of Topliss-reactive ketones (excluding diaryl/α,β-unsaturated/α-hetero) is 1. The average molecular weight is 646 g/mol. The molecule has 0 unspecified atom stereocenters. The second-order valence-electron chi connectivity index (χ2n) is 11.9. The Kier molecular flexibility index (Phi) is 12.2. The maximum atomic E-state index is 12.9. The van der Waals surface area contributed by atoms with Crippen LogP contribution in [0.1, 0.15) is 67.7 Å². The van der Waals surface area contributed by atoms with E-state index >= 15 is 0 Å². The molecular weight excluding hydrogens is 607 g/mol. The van der Waals surface area contributed by atoms with Gasteiger partial charge in [-0.25, -0.2) is 0 Å². The Balaban J connectivity index is 2.53. The number of ether oxygens (including phenoxy) is 3. The van der Waals surface area contributed by atoms with E-state index in [1.807, 2.05) is 41.5 Å². The summed E-state index contributed by atoms with van der Waals surface area (Å²) < 4.78 is 29.0. The van der Waals surface area contributed by atoms with Crippen molar-refractivity contribution in [1.29, 1.82) is 0 Å². The van der Waals surface area contributed by atoms with E-state index in [0.717, 1.165) is 0 Å². The van der Waals surface area contributed by atoms with Crippen molar-refractivity contribution in [2.45, 2.75) is 112 Å². The average Bonchev–Trinajstić information content (AvgIpc) is 2.81. The zero-order valence-electron chi connectivity index (χ0n) is 23.9. The van der Waals surface area contributed by atoms with Gasteiger partial charge in [0.25, 0.3) is 9.70 Å². The third-order valence-corrected chi connectivity index (χ3v) is 12.3. The lowest BCUT2D eigenvalue weighted by molar-refractivity contribution is -0.283. The molecule has 0 bridgehead atoms. The van der Waals surface area contributed by atoms with E-state index in [4.69, 9.17) is 63.4 Å². The van der Waals surface area contributed by atoms with E-state index < -0.39 is 65.0 Å². The van der Waals surface area contributed by atoms with Crippen molar-refractivity contribution in [3.05, 3.63) is 10.4 Å². The quantitative estimate of drug-likeness (QED) is 0.0659. The van der Waals surface area contributed by atoms with Gasteiger partial charge in [-0.2, -0.15) is 0 Å². The van der Waals surface area contributed by atoms with Crippen molar-refractivity contribution < 1.29 is 37.4 Å². The zero-order valence-corrected chi connectivity index (χ0v) is 27.1. The largest absolute Gasteiger partial charge is 0.457 e. The third kappa shape index (κ3) is 8.68. The van der Waals surface area contributed by atoms with Gasteiger partial charge in [0.15, 0.2) is 12.4 Å². The van der Waals surface area contributed by atoms with Crippen LogP contribution in [0, 0.1) is 0 Å². The highest BCUT2D eigenvalue weighted by Crippen LogP contribution is 2.55. The smallest absolute Gasteiger partial charge is 0.349 e. The first-order chi connectivity index (χ1) is 18.3. The van der Waals surface area contributed by atoms with Crippen molar-refractivity contribution in [3.8, 4) is 0 Å². The van der Waals surface area contributed by atoms with Crippen LogP contribution in [-0.4, -0.2) is 80.4 Å². The molecule has 0 radical (unpaired) electrons. The normalized spacial score (nSPS) is 26.7. The van der Waals surface area contributed by atoms with Crippen molar-refractivity contribution in [2.75, 3.05) is 19.8 Å². The van der Waals surface area contributed by atoms with Gasteiger partial charge in [-0.15, -0.1) is 0 Å². The zero-order chi connectivity index (χ0) is 30.5. The number of ketones is 1. The number of alkyl halides is 3. The lowest BCUT2D eigenvalue weighted by Crippen LogP contribution is -2.74. The highest BCUT2D eigenvalue weighted by Gasteiger charge is 2.65. The molecule has 16 heteroatoms. The molecule has 0 spiro atoms. The number of carbonyl (C=O) groups is 3. The Morgan fingerprint density at radius 3 is 2.25 bits per heavy atom. The summed E-state index contributed by atoms with van der Waals surface area (Å²) in [5.74, 6) is -1.84. The van der Waals surface area contributed by atoms with Gasteiger partial charge < -0.3 is 33.2 Å². The molecule has 2 saturated heterocycles. The van der Waals surface area contributed by atoms with Gasteiger partial charge in [-0.05, 0) is 18.9 Å². The number of rotatable bonds is 10. The fourth-order valence-electron chi connectivity index (χ4n) is 5.05. The van der Waals surface area contributed by atoms with Crippen molar-refractivity contribution in [1.82, 2.24) is 5.32 Å². The van der Waals surface area contributed by atoms with Crippen LogP contribution in [0.15, 0.2) is 5.11 Å². The Bertz CT molecular complexity index is 965. The minimum atomic E-state index is -3.10. The van der Waals surface area contributed by atoms with Crippen LogP contribution >= 0.6 is 34.8 Å². The Hall–Kier alpha value is -1.15. The Labute approximate surface area is 250 Å². The molecule has 5 atom stereocenters. The number of nitrogens with zero attached hydrogens (tertiary/aromatic N) is 3. The molecule has 2 heterocycles. The van der Waals surface area contributed by atoms with Crippen molar-refractivity contribution in [2.24, 2.45) is 5.11 Å². The van der Waals surface area contributed by atoms with E-state index in [9.17, 15) is 14.4 Å². The molecule has 0 aromatic rings. The highest BCUT2D eigenvalue weighted by molar-refractivity contribution is 6.76. The maximum Gasteiger partial charge on any atom is 0.349 e. The molecule has 0 aliphatic carbocycles. The van der Waals surface area contributed by atoms with Crippen LogP contribution in [0.2, 0.25) is 10.1 Å². The second-order valence-corrected chi connectivity index (χ2v) is 18.9. The van der Waals surface area contributed by atoms with Crippen LogP contribution in [0.4, 0.5) is 0 Å². The highest BCUT2D eigenvalue weighted by atomic mass is 35.6. The van der Waals surface area contributed by atoms with E-state index in [1.54, 1.807) is 0 Å². The second kappa shape index (κ2) is 13.9. The first kappa shape index (κ1) is 35.0. The molecular formula is C24H39Cl3N4O8Si. The first-order valence-corrected chi connectivity index (χ1v) is 16.0. The number of hydrogen-bond donors (Lipinski definition) is 1. The summed E-state index contributed by atoms with van der Waals surface area (Å²) in [5, 5.41) is 5.25. The molecule has 2 aliphatic rings. The predicted molar refractivity (Wildman–Crippen MR) is 151 cm³/mol. The minimum absolute atomic E-state index is 0.0205. The summed E-state index contributed by atoms with van der Waals surface area (Å²) >= 11 is 17.6. The topological polar surface area (TPSA) is 158 Å². The van der Waals surface area contributed by atoms with Gasteiger partial charge in [0.2, 0.25) is 0 Å². The molecule has 0 saturated carbocycles. The van der Waals surface area contributed by atoms with E-state index in [0.29, 0.717) is 6.42 Å². The first-order valence-electron chi connectivity index (χ1n) is 13.0. The number of nitrogens with one attached hydrogen (secondary N) is 1. The molecule has 2 fully saturated rings. The van der Waals surface area contributed by atoms with Gasteiger partial charge in [0.1, 0.15) is 24.0 Å².